The van der Waals surface area contributed by atoms with E-state index in [1.165, 1.54) is 12.1 Å². The van der Waals surface area contributed by atoms with Crippen molar-refractivity contribution in [3.8, 4) is 0 Å². The molecule has 35 heavy (non-hydrogen) atoms. The predicted molar refractivity (Wildman–Crippen MR) is 134 cm³/mol. The number of rotatable bonds is 6. The predicted octanol–water partition coefficient (Wildman–Crippen LogP) is 5.50. The maximum Gasteiger partial charge on any atom is 0.411 e. The first-order valence-electron chi connectivity index (χ1n) is 11.8. The molecule has 184 valence electrons. The molecule has 2 aliphatic heterocycles. The van der Waals surface area contributed by atoms with Crippen LogP contribution in [0.25, 0.3) is 0 Å². The van der Waals surface area contributed by atoms with E-state index in [9.17, 15) is 14.3 Å². The number of hydrogen-bond acceptors (Lipinski definition) is 5. The lowest BCUT2D eigenvalue weighted by Gasteiger charge is -2.45. The van der Waals surface area contributed by atoms with Crippen molar-refractivity contribution in [3.63, 3.8) is 0 Å². The molecule has 1 N–H and O–H groups in total. The fraction of sp³-hybridized carbons (Fsp3) is 0.357. The van der Waals surface area contributed by atoms with Gasteiger partial charge in [0.05, 0.1) is 23.1 Å². The van der Waals surface area contributed by atoms with E-state index in [0.717, 1.165) is 22.5 Å². The Labute approximate surface area is 206 Å². The van der Waals surface area contributed by atoms with E-state index in [2.05, 4.69) is 11.7 Å². The number of ether oxygens (including phenoxy) is 1. The normalized spacial score (nSPS) is 21.6. The first kappa shape index (κ1) is 24.7. The van der Waals surface area contributed by atoms with Gasteiger partial charge in [-0.15, -0.1) is 0 Å². The van der Waals surface area contributed by atoms with Crippen LogP contribution in [-0.2, 0) is 10.3 Å². The van der Waals surface area contributed by atoms with Gasteiger partial charge in [-0.25, -0.2) is 9.18 Å². The molecule has 4 rings (SSSR count). The molecule has 6 nitrogen and oxygen atoms in total. The van der Waals surface area contributed by atoms with Gasteiger partial charge >= 0.3 is 6.09 Å². The fourth-order valence-corrected chi connectivity index (χ4v) is 4.71. The summed E-state index contributed by atoms with van der Waals surface area (Å²) in [7, 11) is 1.86. The molecule has 0 saturated carbocycles. The number of benzene rings is 2. The van der Waals surface area contributed by atoms with Crippen LogP contribution in [0.1, 0.15) is 56.3 Å². The third-order valence-corrected chi connectivity index (χ3v) is 6.63. The molecule has 0 aromatic heterocycles. The molecule has 7 heteroatoms. The highest BCUT2D eigenvalue weighted by Crippen LogP contribution is 2.42. The van der Waals surface area contributed by atoms with E-state index in [0.29, 0.717) is 18.5 Å². The first-order valence-corrected chi connectivity index (χ1v) is 11.8. The van der Waals surface area contributed by atoms with E-state index in [-0.39, 0.29) is 18.3 Å². The van der Waals surface area contributed by atoms with Crippen LogP contribution >= 0.6 is 0 Å². The number of amides is 1. The van der Waals surface area contributed by atoms with Gasteiger partial charge in [-0.2, -0.15) is 5.10 Å². The summed E-state index contributed by atoms with van der Waals surface area (Å²) in [6, 6.07) is 13.7. The number of hydrogen-bond donors (Lipinski definition) is 1. The number of hydrazone groups is 1. The van der Waals surface area contributed by atoms with E-state index in [1.54, 1.807) is 35.9 Å². The van der Waals surface area contributed by atoms with Crippen molar-refractivity contribution in [1.29, 1.82) is 0 Å². The summed E-state index contributed by atoms with van der Waals surface area (Å²) >= 11 is 0. The van der Waals surface area contributed by atoms with Gasteiger partial charge in [0.15, 0.2) is 0 Å². The number of cyclic esters (lactones) is 1. The summed E-state index contributed by atoms with van der Waals surface area (Å²) in [5, 5.41) is 16.8. The Hall–Kier alpha value is -3.45. The van der Waals surface area contributed by atoms with Gasteiger partial charge in [-0.3, -0.25) is 5.01 Å². The second kappa shape index (κ2) is 9.30. The highest BCUT2D eigenvalue weighted by Gasteiger charge is 2.46. The van der Waals surface area contributed by atoms with Gasteiger partial charge < -0.3 is 14.7 Å². The number of aliphatic hydroxyl groups is 1. The Kier molecular flexibility index (Phi) is 6.56. The lowest BCUT2D eigenvalue weighted by atomic mass is 9.80. The Morgan fingerprint density at radius 3 is 2.40 bits per heavy atom. The third-order valence-electron chi connectivity index (χ3n) is 6.63. The Bertz CT molecular complexity index is 1170. The molecule has 2 aliphatic rings. The van der Waals surface area contributed by atoms with Gasteiger partial charge in [0.1, 0.15) is 11.4 Å². The molecule has 1 amide bonds. The van der Waals surface area contributed by atoms with Crippen molar-refractivity contribution < 1.29 is 19.0 Å². The second-order valence-electron chi connectivity index (χ2n) is 9.93. The number of nitrogens with zero attached hydrogens (tertiary/aromatic N) is 3. The molecule has 0 aliphatic carbocycles. The van der Waals surface area contributed by atoms with Gasteiger partial charge in [-0.05, 0) is 56.2 Å². The molecule has 0 unspecified atom stereocenters. The molecule has 1 saturated heterocycles. The van der Waals surface area contributed by atoms with Crippen LogP contribution in [-0.4, -0.2) is 46.0 Å². The van der Waals surface area contributed by atoms with Crippen LogP contribution in [0.3, 0.4) is 0 Å². The minimum atomic E-state index is -1.07. The summed E-state index contributed by atoms with van der Waals surface area (Å²) < 4.78 is 19.6. The lowest BCUT2D eigenvalue weighted by Crippen LogP contribution is -2.51. The number of carbonyl (C=O) groups excluding carboxylic acids is 1. The molecule has 2 aromatic carbocycles. The van der Waals surface area contributed by atoms with Crippen molar-refractivity contribution >= 4 is 11.8 Å². The van der Waals surface area contributed by atoms with Crippen molar-refractivity contribution in [3.05, 3.63) is 95.5 Å². The SMILES string of the molecule is C=C1C=CC(c2ccc([C@H](C)N3CC[C@](CC(C)(C)O)(c4ccc(F)cc4)OC3=O)cc2)=NN1C. The highest BCUT2D eigenvalue weighted by molar-refractivity contribution is 6.09. The first-order chi connectivity index (χ1) is 16.5. The molecule has 2 heterocycles. The summed E-state index contributed by atoms with van der Waals surface area (Å²) in [6.07, 6.45) is 4.09. The number of carbonyl (C=O) groups is 1. The zero-order chi connectivity index (χ0) is 25.4. The van der Waals surface area contributed by atoms with Crippen LogP contribution in [0.15, 0.2) is 78.1 Å². The Balaban J connectivity index is 1.52. The van der Waals surface area contributed by atoms with E-state index < -0.39 is 17.3 Å². The molecule has 2 atom stereocenters. The Morgan fingerprint density at radius 2 is 1.83 bits per heavy atom. The minimum absolute atomic E-state index is 0.212. The molecule has 1 fully saturated rings. The van der Waals surface area contributed by atoms with Crippen LogP contribution < -0.4 is 0 Å². The van der Waals surface area contributed by atoms with E-state index >= 15 is 0 Å². The number of allylic oxidation sites excluding steroid dienone is 2. The molecule has 0 spiro atoms. The zero-order valence-corrected chi connectivity index (χ0v) is 20.7. The molecule has 0 bridgehead atoms. The van der Waals surface area contributed by atoms with Gasteiger partial charge in [0, 0.05) is 32.0 Å². The Morgan fingerprint density at radius 1 is 1.17 bits per heavy atom. The summed E-state index contributed by atoms with van der Waals surface area (Å²) in [5.41, 5.74) is 2.19. The monoisotopic (exact) mass is 477 g/mol. The van der Waals surface area contributed by atoms with E-state index in [1.807, 2.05) is 50.4 Å². The standard InChI is InChI=1S/C28H32FN3O3/c1-19-6-15-25(30-31(19)5)22-9-7-21(8-10-22)20(2)32-17-16-28(35-26(32)33,18-27(3,4)34)23-11-13-24(29)14-12-23/h6-15,20,34H,1,16-18H2,2-5H3/t20-,28-/m0/s1. The van der Waals surface area contributed by atoms with Crippen LogP contribution in [0, 0.1) is 5.82 Å². The summed E-state index contributed by atoms with van der Waals surface area (Å²) in [5.74, 6) is -0.362. The van der Waals surface area contributed by atoms with Gasteiger partial charge in [0.25, 0.3) is 0 Å². The van der Waals surface area contributed by atoms with Crippen molar-refractivity contribution in [2.24, 2.45) is 5.10 Å². The number of likely N-dealkylation sites (N-methyl/N-ethyl adjacent to an activating group) is 1. The topological polar surface area (TPSA) is 65.4 Å². The van der Waals surface area contributed by atoms with Crippen LogP contribution in [0.2, 0.25) is 0 Å². The van der Waals surface area contributed by atoms with Crippen molar-refractivity contribution in [2.75, 3.05) is 13.6 Å². The molecular formula is C28H32FN3O3. The molecule has 0 radical (unpaired) electrons. The van der Waals surface area contributed by atoms with Crippen LogP contribution in [0.5, 0.6) is 0 Å². The van der Waals surface area contributed by atoms with Gasteiger partial charge in [0.2, 0.25) is 0 Å². The summed E-state index contributed by atoms with van der Waals surface area (Å²) in [4.78, 5) is 14.9. The average Bonchev–Trinajstić information content (AvgIpc) is 2.80. The quantitative estimate of drug-likeness (QED) is 0.596. The van der Waals surface area contributed by atoms with Crippen LogP contribution in [0.4, 0.5) is 9.18 Å². The molecule has 2 aromatic rings. The van der Waals surface area contributed by atoms with Gasteiger partial charge in [-0.1, -0.05) is 43.0 Å². The number of halogens is 1. The zero-order valence-electron chi connectivity index (χ0n) is 20.7. The average molecular weight is 478 g/mol. The largest absolute Gasteiger partial charge is 0.438 e. The molecular weight excluding hydrogens is 445 g/mol. The van der Waals surface area contributed by atoms with Crippen molar-refractivity contribution in [1.82, 2.24) is 9.91 Å². The van der Waals surface area contributed by atoms with Crippen molar-refractivity contribution in [2.45, 2.75) is 50.9 Å². The maximum absolute atomic E-state index is 13.5. The minimum Gasteiger partial charge on any atom is -0.438 e. The maximum atomic E-state index is 13.5. The lowest BCUT2D eigenvalue weighted by molar-refractivity contribution is -0.101. The van der Waals surface area contributed by atoms with E-state index in [4.69, 9.17) is 4.74 Å². The highest BCUT2D eigenvalue weighted by atomic mass is 19.1. The third kappa shape index (κ3) is 5.30. The smallest absolute Gasteiger partial charge is 0.411 e. The fourth-order valence-electron chi connectivity index (χ4n) is 4.71. The second-order valence-corrected chi connectivity index (χ2v) is 9.93. The summed E-state index contributed by atoms with van der Waals surface area (Å²) in [6.45, 7) is 9.70.